The molecule has 22 heavy (non-hydrogen) atoms. The number of benzene rings is 2. The van der Waals surface area contributed by atoms with Gasteiger partial charge in [-0.15, -0.1) is 0 Å². The molecule has 114 valence electrons. The predicted molar refractivity (Wildman–Crippen MR) is 86.9 cm³/mol. The van der Waals surface area contributed by atoms with Gasteiger partial charge in [-0.25, -0.2) is 4.79 Å². The van der Waals surface area contributed by atoms with Gasteiger partial charge >= 0.3 is 6.03 Å². The van der Waals surface area contributed by atoms with Gasteiger partial charge in [0.15, 0.2) is 0 Å². The lowest BCUT2D eigenvalue weighted by Gasteiger charge is -2.11. The van der Waals surface area contributed by atoms with Gasteiger partial charge in [-0.1, -0.05) is 29.3 Å². The van der Waals surface area contributed by atoms with E-state index in [4.69, 9.17) is 23.2 Å². The van der Waals surface area contributed by atoms with Crippen molar-refractivity contribution < 1.29 is 9.72 Å². The second kappa shape index (κ2) is 6.64. The predicted octanol–water partition coefficient (Wildman–Crippen LogP) is 4.85. The van der Waals surface area contributed by atoms with Crippen LogP contribution in [0.1, 0.15) is 5.56 Å². The Bertz CT molecular complexity index is 730. The summed E-state index contributed by atoms with van der Waals surface area (Å²) < 4.78 is 0. The Morgan fingerprint density at radius 1 is 1.14 bits per heavy atom. The Kier molecular flexibility index (Phi) is 4.85. The second-order valence-corrected chi connectivity index (χ2v) is 5.25. The number of nitro benzene ring substituents is 1. The highest BCUT2D eigenvalue weighted by Crippen LogP contribution is 2.30. The molecule has 0 saturated heterocycles. The minimum absolute atomic E-state index is 0.0439. The first kappa shape index (κ1) is 16.1. The highest BCUT2D eigenvalue weighted by molar-refractivity contribution is 6.39. The van der Waals surface area contributed by atoms with Gasteiger partial charge < -0.3 is 10.6 Å². The molecule has 0 radical (unpaired) electrons. The summed E-state index contributed by atoms with van der Waals surface area (Å²) >= 11 is 11.9. The van der Waals surface area contributed by atoms with Crippen LogP contribution in [0, 0.1) is 17.0 Å². The van der Waals surface area contributed by atoms with Crippen molar-refractivity contribution in [2.45, 2.75) is 6.92 Å². The summed E-state index contributed by atoms with van der Waals surface area (Å²) in [4.78, 5) is 22.2. The molecule has 0 saturated carbocycles. The van der Waals surface area contributed by atoms with Crippen molar-refractivity contribution in [2.24, 2.45) is 0 Å². The highest BCUT2D eigenvalue weighted by Gasteiger charge is 2.12. The number of aryl methyl sites for hydroxylation is 1. The summed E-state index contributed by atoms with van der Waals surface area (Å²) in [5, 5.41) is 16.4. The number of amides is 2. The van der Waals surface area contributed by atoms with E-state index in [1.54, 1.807) is 25.1 Å². The van der Waals surface area contributed by atoms with Gasteiger partial charge in [0.1, 0.15) is 0 Å². The molecule has 0 aliphatic carbocycles. The fraction of sp³-hybridized carbons (Fsp3) is 0.0714. The lowest BCUT2D eigenvalue weighted by molar-refractivity contribution is -0.384. The molecule has 0 aliphatic heterocycles. The molecule has 0 spiro atoms. The molecule has 2 rings (SSSR count). The van der Waals surface area contributed by atoms with Gasteiger partial charge in [0.05, 0.1) is 20.7 Å². The van der Waals surface area contributed by atoms with Crippen LogP contribution in [0.25, 0.3) is 0 Å². The summed E-state index contributed by atoms with van der Waals surface area (Å²) in [5.41, 5.74) is 1.27. The maximum Gasteiger partial charge on any atom is 0.323 e. The first-order valence-electron chi connectivity index (χ1n) is 6.15. The number of rotatable bonds is 3. The number of anilines is 2. The number of hydrogen-bond acceptors (Lipinski definition) is 3. The molecule has 0 unspecified atom stereocenters. The Morgan fingerprint density at radius 3 is 2.32 bits per heavy atom. The van der Waals surface area contributed by atoms with Gasteiger partial charge in [0.2, 0.25) is 0 Å². The van der Waals surface area contributed by atoms with E-state index in [0.29, 0.717) is 27.0 Å². The number of carbonyl (C=O) groups excluding carboxylic acids is 1. The standard InChI is InChI=1S/C14H11Cl2N3O3/c1-8-7-9(19(21)22)5-6-12(8)17-14(20)18-13-10(15)3-2-4-11(13)16/h2-7H,1H3,(H2,17,18,20). The number of nitro groups is 1. The molecule has 2 amide bonds. The van der Waals surface area contributed by atoms with Crippen LogP contribution >= 0.6 is 23.2 Å². The van der Waals surface area contributed by atoms with Crippen molar-refractivity contribution >= 4 is 46.3 Å². The Morgan fingerprint density at radius 2 is 1.77 bits per heavy atom. The quantitative estimate of drug-likeness (QED) is 0.618. The summed E-state index contributed by atoms with van der Waals surface area (Å²) in [5.74, 6) is 0. The maximum atomic E-state index is 12.0. The third-order valence-electron chi connectivity index (χ3n) is 2.87. The average molecular weight is 340 g/mol. The average Bonchev–Trinajstić information content (AvgIpc) is 2.45. The van der Waals surface area contributed by atoms with Crippen LogP contribution in [0.5, 0.6) is 0 Å². The zero-order chi connectivity index (χ0) is 16.3. The van der Waals surface area contributed by atoms with Gasteiger partial charge in [-0.2, -0.15) is 0 Å². The van der Waals surface area contributed by atoms with Crippen LogP contribution in [0.2, 0.25) is 10.0 Å². The van der Waals surface area contributed by atoms with Crippen LogP contribution < -0.4 is 10.6 Å². The minimum atomic E-state index is -0.549. The van der Waals surface area contributed by atoms with Crippen molar-refractivity contribution in [3.63, 3.8) is 0 Å². The summed E-state index contributed by atoms with van der Waals surface area (Å²) in [7, 11) is 0. The van der Waals surface area contributed by atoms with Crippen LogP contribution in [-0.4, -0.2) is 11.0 Å². The highest BCUT2D eigenvalue weighted by atomic mass is 35.5. The number of non-ortho nitro benzene ring substituents is 1. The van der Waals surface area contributed by atoms with Crippen LogP contribution in [0.15, 0.2) is 36.4 Å². The van der Waals surface area contributed by atoms with Crippen LogP contribution in [0.3, 0.4) is 0 Å². The van der Waals surface area contributed by atoms with Crippen molar-refractivity contribution in [3.8, 4) is 0 Å². The van der Waals surface area contributed by atoms with Gasteiger partial charge in [0.25, 0.3) is 5.69 Å². The number of hydrogen-bond donors (Lipinski definition) is 2. The Balaban J connectivity index is 2.14. The van der Waals surface area contributed by atoms with Gasteiger partial charge in [-0.05, 0) is 30.7 Å². The van der Waals surface area contributed by atoms with Gasteiger partial charge in [0, 0.05) is 17.8 Å². The fourth-order valence-corrected chi connectivity index (χ4v) is 2.28. The van der Waals surface area contributed by atoms with E-state index < -0.39 is 11.0 Å². The number of nitrogens with one attached hydrogen (secondary N) is 2. The topological polar surface area (TPSA) is 84.3 Å². The molecule has 2 aromatic carbocycles. The normalized spacial score (nSPS) is 10.1. The fourth-order valence-electron chi connectivity index (χ4n) is 1.79. The molecule has 8 heteroatoms. The summed E-state index contributed by atoms with van der Waals surface area (Å²) in [6.07, 6.45) is 0. The molecule has 0 atom stereocenters. The van der Waals surface area contributed by atoms with E-state index >= 15 is 0 Å². The number of carbonyl (C=O) groups is 1. The van der Waals surface area contributed by atoms with E-state index in [0.717, 1.165) is 0 Å². The second-order valence-electron chi connectivity index (χ2n) is 4.43. The minimum Gasteiger partial charge on any atom is -0.307 e. The molecular weight excluding hydrogens is 329 g/mol. The third kappa shape index (κ3) is 3.66. The SMILES string of the molecule is Cc1cc([N+](=O)[O-])ccc1NC(=O)Nc1c(Cl)cccc1Cl. The van der Waals surface area contributed by atoms with E-state index in [9.17, 15) is 14.9 Å². The lowest BCUT2D eigenvalue weighted by Crippen LogP contribution is -2.20. The van der Waals surface area contributed by atoms with Gasteiger partial charge in [-0.3, -0.25) is 10.1 Å². The summed E-state index contributed by atoms with van der Waals surface area (Å²) in [6.45, 7) is 1.66. The zero-order valence-corrected chi connectivity index (χ0v) is 12.9. The molecule has 0 heterocycles. The monoisotopic (exact) mass is 339 g/mol. The molecular formula is C14H11Cl2N3O3. The van der Waals surface area contributed by atoms with Crippen molar-refractivity contribution in [1.29, 1.82) is 0 Å². The summed E-state index contributed by atoms with van der Waals surface area (Å²) in [6, 6.07) is 8.45. The van der Waals surface area contributed by atoms with E-state index in [1.165, 1.54) is 18.2 Å². The van der Waals surface area contributed by atoms with Crippen LogP contribution in [0.4, 0.5) is 21.9 Å². The zero-order valence-electron chi connectivity index (χ0n) is 11.4. The van der Waals surface area contributed by atoms with E-state index in [2.05, 4.69) is 10.6 Å². The van der Waals surface area contributed by atoms with Crippen molar-refractivity contribution in [1.82, 2.24) is 0 Å². The molecule has 0 aromatic heterocycles. The largest absolute Gasteiger partial charge is 0.323 e. The van der Waals surface area contributed by atoms with Crippen LogP contribution in [-0.2, 0) is 0 Å². The molecule has 2 N–H and O–H groups in total. The molecule has 0 aliphatic rings. The first-order chi connectivity index (χ1) is 10.4. The molecule has 6 nitrogen and oxygen atoms in total. The molecule has 0 bridgehead atoms. The molecule has 0 fully saturated rings. The maximum absolute atomic E-state index is 12.0. The Hall–Kier alpha value is -2.31. The van der Waals surface area contributed by atoms with Crippen molar-refractivity contribution in [3.05, 3.63) is 62.1 Å². The lowest BCUT2D eigenvalue weighted by atomic mass is 10.2. The Labute approximate surface area is 136 Å². The van der Waals surface area contributed by atoms with E-state index in [-0.39, 0.29) is 5.69 Å². The number of urea groups is 1. The molecule has 2 aromatic rings. The number of halogens is 2. The smallest absolute Gasteiger partial charge is 0.307 e. The van der Waals surface area contributed by atoms with E-state index in [1.807, 2.05) is 0 Å². The third-order valence-corrected chi connectivity index (χ3v) is 3.50. The van der Waals surface area contributed by atoms with Crippen molar-refractivity contribution in [2.75, 3.05) is 10.6 Å². The number of nitrogens with zero attached hydrogens (tertiary/aromatic N) is 1. The number of para-hydroxylation sites is 1. The first-order valence-corrected chi connectivity index (χ1v) is 6.91.